The van der Waals surface area contributed by atoms with E-state index >= 15 is 0 Å². The van der Waals surface area contributed by atoms with Crippen LogP contribution in [0.4, 0.5) is 0 Å². The van der Waals surface area contributed by atoms with Gasteiger partial charge in [-0.3, -0.25) is 9.59 Å². The highest BCUT2D eigenvalue weighted by molar-refractivity contribution is 5.99. The third-order valence-corrected chi connectivity index (χ3v) is 1.54. The van der Waals surface area contributed by atoms with Gasteiger partial charge < -0.3 is 25.2 Å². The van der Waals surface area contributed by atoms with E-state index in [1.165, 1.54) is 0 Å². The van der Waals surface area contributed by atoms with Gasteiger partial charge in [0.05, 0.1) is 13.2 Å². The van der Waals surface area contributed by atoms with Crippen molar-refractivity contribution in [2.45, 2.75) is 0 Å². The molecular formula is C6H10O7. The largest absolute Gasteiger partial charge is 0.480 e. The van der Waals surface area contributed by atoms with Gasteiger partial charge in [-0.2, -0.15) is 0 Å². The summed E-state index contributed by atoms with van der Waals surface area (Å²) in [4.78, 5) is 21.4. The second-order valence-corrected chi connectivity index (χ2v) is 2.26. The van der Waals surface area contributed by atoms with Crippen LogP contribution in [-0.4, -0.2) is 52.4 Å². The highest BCUT2D eigenvalue weighted by atomic mass is 16.6. The molecule has 0 spiro atoms. The third kappa shape index (κ3) is 2.14. The summed E-state index contributed by atoms with van der Waals surface area (Å²) in [6, 6.07) is 0. The summed E-state index contributed by atoms with van der Waals surface area (Å²) in [5.41, 5.74) is -2.40. The highest BCUT2D eigenvalue weighted by Gasteiger charge is 2.47. The number of carbonyl (C=O) groups excluding carboxylic acids is 1. The quantitative estimate of drug-likeness (QED) is 0.217. The van der Waals surface area contributed by atoms with Gasteiger partial charge in [0.15, 0.2) is 6.79 Å². The standard InChI is InChI=1S/C6H10O7/c7-1-6(2-8,4(10)11)5(12)13-3-9/h7-9H,1-3H2,(H,10,11). The lowest BCUT2D eigenvalue weighted by molar-refractivity contribution is -0.180. The van der Waals surface area contributed by atoms with Crippen molar-refractivity contribution < 1.29 is 34.8 Å². The van der Waals surface area contributed by atoms with Crippen molar-refractivity contribution in [2.24, 2.45) is 5.41 Å². The normalized spacial score (nSPS) is 11.0. The number of aliphatic hydroxyl groups excluding tert-OH is 3. The van der Waals surface area contributed by atoms with Crippen LogP contribution in [0, 0.1) is 5.41 Å². The molecule has 0 aliphatic heterocycles. The van der Waals surface area contributed by atoms with Crippen LogP contribution < -0.4 is 0 Å². The van der Waals surface area contributed by atoms with E-state index < -0.39 is 37.4 Å². The average molecular weight is 194 g/mol. The Hall–Kier alpha value is -1.18. The zero-order valence-electron chi connectivity index (χ0n) is 6.63. The lowest BCUT2D eigenvalue weighted by Crippen LogP contribution is -2.47. The molecule has 0 saturated heterocycles. The monoisotopic (exact) mass is 194 g/mol. The van der Waals surface area contributed by atoms with Crippen LogP contribution >= 0.6 is 0 Å². The summed E-state index contributed by atoms with van der Waals surface area (Å²) < 4.78 is 3.97. The molecule has 0 fully saturated rings. The van der Waals surface area contributed by atoms with Gasteiger partial charge in [-0.1, -0.05) is 0 Å². The Morgan fingerprint density at radius 3 is 1.85 bits per heavy atom. The van der Waals surface area contributed by atoms with Gasteiger partial charge in [0, 0.05) is 0 Å². The number of hydrogen-bond donors (Lipinski definition) is 4. The molecular weight excluding hydrogens is 184 g/mol. The van der Waals surface area contributed by atoms with E-state index in [-0.39, 0.29) is 0 Å². The van der Waals surface area contributed by atoms with Crippen LogP contribution in [0.25, 0.3) is 0 Å². The molecule has 76 valence electrons. The number of carboxylic acids is 1. The number of carbonyl (C=O) groups is 2. The maximum Gasteiger partial charge on any atom is 0.330 e. The molecule has 0 radical (unpaired) electrons. The predicted molar refractivity (Wildman–Crippen MR) is 37.4 cm³/mol. The predicted octanol–water partition coefficient (Wildman–Crippen LogP) is -2.46. The topological polar surface area (TPSA) is 124 Å². The molecule has 0 aromatic carbocycles. The molecule has 0 atom stereocenters. The molecule has 0 aliphatic carbocycles. The summed E-state index contributed by atoms with van der Waals surface area (Å²) in [5, 5.41) is 33.9. The number of carboxylic acid groups (broad SMARTS) is 1. The molecule has 0 aromatic rings. The smallest absolute Gasteiger partial charge is 0.330 e. The summed E-state index contributed by atoms with van der Waals surface area (Å²) in [6.07, 6.45) is 0. The molecule has 0 bridgehead atoms. The lowest BCUT2D eigenvalue weighted by atomic mass is 9.90. The fraction of sp³-hybridized carbons (Fsp3) is 0.667. The van der Waals surface area contributed by atoms with E-state index in [2.05, 4.69) is 4.74 Å². The van der Waals surface area contributed by atoms with Gasteiger partial charge in [-0.15, -0.1) is 0 Å². The van der Waals surface area contributed by atoms with E-state index in [9.17, 15) is 9.59 Å². The average Bonchev–Trinajstić information content (AvgIpc) is 2.07. The third-order valence-electron chi connectivity index (χ3n) is 1.54. The lowest BCUT2D eigenvalue weighted by Gasteiger charge is -2.21. The highest BCUT2D eigenvalue weighted by Crippen LogP contribution is 2.18. The van der Waals surface area contributed by atoms with Crippen molar-refractivity contribution >= 4 is 11.9 Å². The second kappa shape index (κ2) is 4.75. The van der Waals surface area contributed by atoms with Crippen LogP contribution in [0.5, 0.6) is 0 Å². The minimum absolute atomic E-state index is 1.01. The SMILES string of the molecule is O=C(O)C(CO)(CO)C(=O)OCO. The fourth-order valence-corrected chi connectivity index (χ4v) is 0.598. The van der Waals surface area contributed by atoms with Gasteiger partial charge in [0.1, 0.15) is 0 Å². The number of hydrogen-bond acceptors (Lipinski definition) is 6. The van der Waals surface area contributed by atoms with E-state index in [1.54, 1.807) is 0 Å². The molecule has 13 heavy (non-hydrogen) atoms. The van der Waals surface area contributed by atoms with Crippen LogP contribution in [0.15, 0.2) is 0 Å². The Morgan fingerprint density at radius 1 is 1.15 bits per heavy atom. The van der Waals surface area contributed by atoms with Crippen molar-refractivity contribution in [1.29, 1.82) is 0 Å². The summed E-state index contributed by atoms with van der Waals surface area (Å²) in [5.74, 6) is -3.09. The van der Waals surface area contributed by atoms with Crippen molar-refractivity contribution in [2.75, 3.05) is 20.0 Å². The Balaban J connectivity index is 4.75. The zero-order valence-corrected chi connectivity index (χ0v) is 6.63. The minimum atomic E-state index is -2.40. The van der Waals surface area contributed by atoms with Crippen LogP contribution in [-0.2, 0) is 14.3 Å². The van der Waals surface area contributed by atoms with E-state index in [1.807, 2.05) is 0 Å². The number of rotatable bonds is 5. The molecule has 0 aromatic heterocycles. The van der Waals surface area contributed by atoms with Gasteiger partial charge in [-0.25, -0.2) is 0 Å². The van der Waals surface area contributed by atoms with E-state index in [4.69, 9.17) is 20.4 Å². The first-order chi connectivity index (χ1) is 6.05. The van der Waals surface area contributed by atoms with Gasteiger partial charge in [-0.05, 0) is 0 Å². The summed E-state index contributed by atoms with van der Waals surface area (Å²) >= 11 is 0. The first-order valence-corrected chi connectivity index (χ1v) is 3.28. The van der Waals surface area contributed by atoms with Crippen molar-refractivity contribution in [3.8, 4) is 0 Å². The molecule has 0 heterocycles. The van der Waals surface area contributed by atoms with Gasteiger partial charge >= 0.3 is 11.9 Å². The maximum atomic E-state index is 10.9. The number of aliphatic hydroxyl groups is 3. The number of ether oxygens (including phenoxy) is 1. The molecule has 4 N–H and O–H groups in total. The van der Waals surface area contributed by atoms with E-state index in [0.717, 1.165) is 0 Å². The Bertz CT molecular complexity index is 195. The molecule has 0 amide bonds. The Kier molecular flexibility index (Phi) is 4.32. The Labute approximate surface area is 73.2 Å². The van der Waals surface area contributed by atoms with Crippen LogP contribution in [0.2, 0.25) is 0 Å². The molecule has 7 nitrogen and oxygen atoms in total. The van der Waals surface area contributed by atoms with Crippen LogP contribution in [0.3, 0.4) is 0 Å². The zero-order chi connectivity index (χ0) is 10.5. The number of aliphatic carboxylic acids is 1. The molecule has 7 heteroatoms. The minimum Gasteiger partial charge on any atom is -0.480 e. The van der Waals surface area contributed by atoms with Crippen molar-refractivity contribution in [1.82, 2.24) is 0 Å². The van der Waals surface area contributed by atoms with Crippen molar-refractivity contribution in [3.63, 3.8) is 0 Å². The number of esters is 1. The Morgan fingerprint density at radius 2 is 1.62 bits per heavy atom. The maximum absolute atomic E-state index is 10.9. The molecule has 0 aliphatic rings. The summed E-state index contributed by atoms with van der Waals surface area (Å²) in [7, 11) is 0. The van der Waals surface area contributed by atoms with Crippen molar-refractivity contribution in [3.05, 3.63) is 0 Å². The molecule has 0 saturated carbocycles. The molecule has 0 rings (SSSR count). The van der Waals surface area contributed by atoms with Gasteiger partial charge in [0.25, 0.3) is 0 Å². The molecule has 0 unspecified atom stereocenters. The fourth-order valence-electron chi connectivity index (χ4n) is 0.598. The first-order valence-electron chi connectivity index (χ1n) is 3.28. The van der Waals surface area contributed by atoms with Crippen LogP contribution in [0.1, 0.15) is 0 Å². The van der Waals surface area contributed by atoms with E-state index in [0.29, 0.717) is 0 Å². The first kappa shape index (κ1) is 11.8. The van der Waals surface area contributed by atoms with Gasteiger partial charge in [0.2, 0.25) is 5.41 Å². The summed E-state index contributed by atoms with van der Waals surface area (Å²) in [6.45, 7) is -3.21. The second-order valence-electron chi connectivity index (χ2n) is 2.26.